The third kappa shape index (κ3) is 2.51. The van der Waals surface area contributed by atoms with Crippen molar-refractivity contribution in [2.45, 2.75) is 63.7 Å². The second-order valence-electron chi connectivity index (χ2n) is 8.50. The Kier molecular flexibility index (Phi) is 3.74. The first kappa shape index (κ1) is 15.2. The van der Waals surface area contributed by atoms with Gasteiger partial charge in [-0.05, 0) is 67.8 Å². The molecule has 1 aromatic rings. The minimum atomic E-state index is -0.0757. The van der Waals surface area contributed by atoms with Crippen molar-refractivity contribution < 1.29 is 4.79 Å². The Morgan fingerprint density at radius 2 is 1.83 bits per heavy atom. The molecule has 124 valence electrons. The van der Waals surface area contributed by atoms with Gasteiger partial charge in [0.15, 0.2) is 0 Å². The Labute approximate surface area is 140 Å². The molecule has 4 aliphatic rings. The fourth-order valence-electron chi connectivity index (χ4n) is 6.22. The van der Waals surface area contributed by atoms with E-state index in [2.05, 4.69) is 42.6 Å². The third-order valence-electron chi connectivity index (χ3n) is 6.74. The van der Waals surface area contributed by atoms with E-state index in [1.807, 2.05) is 0 Å². The molecule has 23 heavy (non-hydrogen) atoms. The van der Waals surface area contributed by atoms with E-state index in [1.165, 1.54) is 24.8 Å². The van der Waals surface area contributed by atoms with Gasteiger partial charge in [-0.3, -0.25) is 4.79 Å². The molecular weight excluding hydrogens is 282 g/mol. The van der Waals surface area contributed by atoms with Gasteiger partial charge in [0.2, 0.25) is 5.91 Å². The zero-order valence-electron chi connectivity index (χ0n) is 14.3. The molecule has 2 unspecified atom stereocenters. The van der Waals surface area contributed by atoms with Crippen LogP contribution in [0.25, 0.3) is 0 Å². The molecule has 4 atom stereocenters. The first-order valence-electron chi connectivity index (χ1n) is 9.50. The molecule has 4 fully saturated rings. The Morgan fingerprint density at radius 3 is 2.48 bits per heavy atom. The SMILES string of the molecule is CCCCNC(=O)C12C[C@H]3C[C@@H](C1)CC(c1ccccc1)(C3)C2. The van der Waals surface area contributed by atoms with E-state index < -0.39 is 0 Å². The van der Waals surface area contributed by atoms with Crippen molar-refractivity contribution in [3.63, 3.8) is 0 Å². The van der Waals surface area contributed by atoms with Gasteiger partial charge in [0.1, 0.15) is 0 Å². The van der Waals surface area contributed by atoms with E-state index in [4.69, 9.17) is 0 Å². The number of hydrogen-bond donors (Lipinski definition) is 1. The van der Waals surface area contributed by atoms with Crippen LogP contribution >= 0.6 is 0 Å². The van der Waals surface area contributed by atoms with Crippen LogP contribution in [0.1, 0.15) is 63.9 Å². The van der Waals surface area contributed by atoms with Crippen LogP contribution in [-0.4, -0.2) is 12.5 Å². The lowest BCUT2D eigenvalue weighted by molar-refractivity contribution is -0.149. The fraction of sp³-hybridized carbons (Fsp3) is 0.667. The number of unbranched alkanes of at least 4 members (excludes halogenated alkanes) is 1. The maximum absolute atomic E-state index is 13.0. The number of amides is 1. The topological polar surface area (TPSA) is 29.1 Å². The molecule has 4 aliphatic carbocycles. The van der Waals surface area contributed by atoms with E-state index in [1.54, 1.807) is 0 Å². The summed E-state index contributed by atoms with van der Waals surface area (Å²) < 4.78 is 0. The van der Waals surface area contributed by atoms with Crippen LogP contribution in [0.3, 0.4) is 0 Å². The maximum Gasteiger partial charge on any atom is 0.226 e. The molecule has 0 heterocycles. The number of rotatable bonds is 5. The molecule has 2 heteroatoms. The van der Waals surface area contributed by atoms with Crippen LogP contribution in [0.5, 0.6) is 0 Å². The van der Waals surface area contributed by atoms with Crippen molar-refractivity contribution in [2.24, 2.45) is 17.3 Å². The summed E-state index contributed by atoms with van der Waals surface area (Å²) in [5.74, 6) is 1.88. The molecule has 5 rings (SSSR count). The van der Waals surface area contributed by atoms with Gasteiger partial charge < -0.3 is 5.32 Å². The highest BCUT2D eigenvalue weighted by Gasteiger charge is 2.60. The molecule has 4 saturated carbocycles. The van der Waals surface area contributed by atoms with Gasteiger partial charge in [-0.15, -0.1) is 0 Å². The summed E-state index contributed by atoms with van der Waals surface area (Å²) in [6.07, 6.45) is 9.56. The predicted molar refractivity (Wildman–Crippen MR) is 93.2 cm³/mol. The summed E-state index contributed by atoms with van der Waals surface area (Å²) in [6, 6.07) is 11.0. The second kappa shape index (κ2) is 5.65. The van der Waals surface area contributed by atoms with Gasteiger partial charge >= 0.3 is 0 Å². The zero-order chi connectivity index (χ0) is 15.9. The Balaban J connectivity index is 1.62. The summed E-state index contributed by atoms with van der Waals surface area (Å²) in [6.45, 7) is 3.03. The van der Waals surface area contributed by atoms with Crippen molar-refractivity contribution in [2.75, 3.05) is 6.54 Å². The van der Waals surface area contributed by atoms with Gasteiger partial charge in [0, 0.05) is 6.54 Å². The first-order chi connectivity index (χ1) is 11.2. The second-order valence-corrected chi connectivity index (χ2v) is 8.50. The van der Waals surface area contributed by atoms with Crippen LogP contribution < -0.4 is 5.32 Å². The standard InChI is InChI=1S/C21H29NO/c1-2-3-9-22-19(23)21-13-16-10-17(14-21)12-20(11-16,15-21)18-7-5-4-6-8-18/h4-8,16-17H,2-3,9-15H2,1H3,(H,22,23)/t16-,17+,20?,21?. The summed E-state index contributed by atoms with van der Waals surface area (Å²) in [5, 5.41) is 3.27. The Hall–Kier alpha value is -1.31. The molecule has 2 nitrogen and oxygen atoms in total. The quantitative estimate of drug-likeness (QED) is 0.800. The molecule has 0 saturated heterocycles. The monoisotopic (exact) mass is 311 g/mol. The summed E-state index contributed by atoms with van der Waals surface area (Å²) in [5.41, 5.74) is 1.68. The van der Waals surface area contributed by atoms with E-state index in [0.717, 1.165) is 50.5 Å². The average molecular weight is 311 g/mol. The zero-order valence-corrected chi connectivity index (χ0v) is 14.3. The lowest BCUT2D eigenvalue weighted by Crippen LogP contribution is -2.59. The first-order valence-corrected chi connectivity index (χ1v) is 9.50. The smallest absolute Gasteiger partial charge is 0.226 e. The van der Waals surface area contributed by atoms with Gasteiger partial charge in [0.25, 0.3) is 0 Å². The van der Waals surface area contributed by atoms with E-state index >= 15 is 0 Å². The minimum absolute atomic E-state index is 0.0757. The minimum Gasteiger partial charge on any atom is -0.356 e. The third-order valence-corrected chi connectivity index (χ3v) is 6.74. The van der Waals surface area contributed by atoms with Gasteiger partial charge in [-0.1, -0.05) is 43.7 Å². The molecule has 1 aromatic carbocycles. The Bertz CT molecular complexity index is 565. The van der Waals surface area contributed by atoms with Crippen molar-refractivity contribution in [3.05, 3.63) is 35.9 Å². The largest absolute Gasteiger partial charge is 0.356 e. The molecule has 0 radical (unpaired) electrons. The highest BCUT2D eigenvalue weighted by molar-refractivity contribution is 5.83. The van der Waals surface area contributed by atoms with Crippen molar-refractivity contribution in [1.29, 1.82) is 0 Å². The summed E-state index contributed by atoms with van der Waals surface area (Å²) >= 11 is 0. The van der Waals surface area contributed by atoms with Gasteiger partial charge in [-0.25, -0.2) is 0 Å². The molecule has 0 aromatic heterocycles. The lowest BCUT2D eigenvalue weighted by atomic mass is 9.42. The van der Waals surface area contributed by atoms with Crippen molar-refractivity contribution in [1.82, 2.24) is 5.32 Å². The van der Waals surface area contributed by atoms with Crippen LogP contribution in [0.15, 0.2) is 30.3 Å². The average Bonchev–Trinajstić information content (AvgIpc) is 2.54. The lowest BCUT2D eigenvalue weighted by Gasteiger charge is -2.61. The van der Waals surface area contributed by atoms with Crippen LogP contribution in [0, 0.1) is 17.3 Å². The Morgan fingerprint density at radius 1 is 1.13 bits per heavy atom. The van der Waals surface area contributed by atoms with Gasteiger partial charge in [-0.2, -0.15) is 0 Å². The summed E-state index contributed by atoms with van der Waals surface area (Å²) in [7, 11) is 0. The molecule has 0 aliphatic heterocycles. The molecule has 4 bridgehead atoms. The van der Waals surface area contributed by atoms with Crippen LogP contribution in [-0.2, 0) is 10.2 Å². The number of carbonyl (C=O) groups excluding carboxylic acids is 1. The van der Waals surface area contributed by atoms with Gasteiger partial charge in [0.05, 0.1) is 5.41 Å². The van der Waals surface area contributed by atoms with E-state index in [9.17, 15) is 4.79 Å². The molecular formula is C21H29NO. The molecule has 0 spiro atoms. The van der Waals surface area contributed by atoms with Crippen molar-refractivity contribution in [3.8, 4) is 0 Å². The highest BCUT2D eigenvalue weighted by Crippen LogP contribution is 2.65. The van der Waals surface area contributed by atoms with E-state index in [-0.39, 0.29) is 10.8 Å². The number of hydrogen-bond acceptors (Lipinski definition) is 1. The number of carbonyl (C=O) groups is 1. The maximum atomic E-state index is 13.0. The predicted octanol–water partition coefficient (Wildman–Crippen LogP) is 4.44. The fourth-order valence-corrected chi connectivity index (χ4v) is 6.22. The highest BCUT2D eigenvalue weighted by atomic mass is 16.2. The number of benzene rings is 1. The molecule has 1 amide bonds. The van der Waals surface area contributed by atoms with Crippen molar-refractivity contribution >= 4 is 5.91 Å². The van der Waals surface area contributed by atoms with Crippen LogP contribution in [0.4, 0.5) is 0 Å². The van der Waals surface area contributed by atoms with Crippen LogP contribution in [0.2, 0.25) is 0 Å². The molecule has 1 N–H and O–H groups in total. The normalized spacial score (nSPS) is 37.8. The summed E-state index contributed by atoms with van der Waals surface area (Å²) in [4.78, 5) is 13.0. The number of nitrogens with one attached hydrogen (secondary N) is 1. The van der Waals surface area contributed by atoms with E-state index in [0.29, 0.717) is 5.91 Å².